The average Bonchev–Trinajstić information content (AvgIpc) is 3.33. The summed E-state index contributed by atoms with van der Waals surface area (Å²) in [5, 5.41) is 13.8. The van der Waals surface area contributed by atoms with E-state index in [0.717, 1.165) is 70.6 Å². The van der Waals surface area contributed by atoms with Crippen LogP contribution in [0.25, 0.3) is 0 Å². The van der Waals surface area contributed by atoms with Gasteiger partial charge in [0.1, 0.15) is 13.2 Å². The predicted octanol–water partition coefficient (Wildman–Crippen LogP) is 18.3. The van der Waals surface area contributed by atoms with Gasteiger partial charge in [-0.25, -0.2) is 4.57 Å². The molecule has 8 nitrogen and oxygen atoms in total. The van der Waals surface area contributed by atoms with E-state index < -0.39 is 20.0 Å². The molecule has 3 atom stereocenters. The molecule has 0 aromatic heterocycles. The lowest BCUT2D eigenvalue weighted by atomic mass is 10.0. The zero-order chi connectivity index (χ0) is 52.0. The van der Waals surface area contributed by atoms with Crippen molar-refractivity contribution in [3.8, 4) is 0 Å². The number of allylic oxidation sites excluding steroid dienone is 11. The van der Waals surface area contributed by atoms with Crippen molar-refractivity contribution < 1.29 is 32.9 Å². The first kappa shape index (κ1) is 68.9. The molecule has 0 bridgehead atoms. The van der Waals surface area contributed by atoms with Crippen molar-refractivity contribution in [2.75, 3.05) is 40.9 Å². The summed E-state index contributed by atoms with van der Waals surface area (Å²) in [4.78, 5) is 23.2. The second-order valence-corrected chi connectivity index (χ2v) is 22.8. The summed E-state index contributed by atoms with van der Waals surface area (Å²) in [5.41, 5.74) is 0. The monoisotopic (exact) mass is 1020 g/mol. The highest BCUT2D eigenvalue weighted by molar-refractivity contribution is 7.47. The summed E-state index contributed by atoms with van der Waals surface area (Å²) in [6.07, 6.45) is 73.2. The van der Waals surface area contributed by atoms with Gasteiger partial charge in [-0.1, -0.05) is 267 Å². The molecule has 0 fully saturated rings. The molecule has 0 heterocycles. The molecule has 0 aliphatic heterocycles. The van der Waals surface area contributed by atoms with Crippen LogP contribution in [-0.2, 0) is 18.4 Å². The molecular formula is C62H116N2O6P+. The Morgan fingerprint density at radius 2 is 0.845 bits per heavy atom. The molecule has 0 aliphatic carbocycles. The Bertz CT molecular complexity index is 1380. The number of hydrogen-bond acceptors (Lipinski definition) is 5. The van der Waals surface area contributed by atoms with Gasteiger partial charge in [-0.15, -0.1) is 0 Å². The van der Waals surface area contributed by atoms with Gasteiger partial charge < -0.3 is 19.8 Å². The molecule has 0 saturated carbocycles. The Labute approximate surface area is 440 Å². The minimum atomic E-state index is -4.34. The molecule has 0 aliphatic rings. The van der Waals surface area contributed by atoms with E-state index in [1.807, 2.05) is 27.2 Å². The summed E-state index contributed by atoms with van der Waals surface area (Å²) in [6, 6.07) is -0.844. The van der Waals surface area contributed by atoms with Crippen LogP contribution in [0.3, 0.4) is 0 Å². The Balaban J connectivity index is 3.85. The smallest absolute Gasteiger partial charge is 0.387 e. The summed E-state index contributed by atoms with van der Waals surface area (Å²) < 4.78 is 23.6. The van der Waals surface area contributed by atoms with Gasteiger partial charge >= 0.3 is 7.82 Å². The number of nitrogens with zero attached hydrogens (tertiary/aromatic N) is 1. The zero-order valence-corrected chi connectivity index (χ0v) is 48.1. The van der Waals surface area contributed by atoms with E-state index >= 15 is 0 Å². The number of phosphoric ester groups is 1. The van der Waals surface area contributed by atoms with Crippen LogP contribution in [0.2, 0.25) is 0 Å². The lowest BCUT2D eigenvalue weighted by molar-refractivity contribution is -0.870. The van der Waals surface area contributed by atoms with Crippen LogP contribution in [-0.4, -0.2) is 73.4 Å². The minimum absolute atomic E-state index is 0.0615. The molecule has 71 heavy (non-hydrogen) atoms. The van der Waals surface area contributed by atoms with Crippen molar-refractivity contribution >= 4 is 13.7 Å². The summed E-state index contributed by atoms with van der Waals surface area (Å²) >= 11 is 0. The largest absolute Gasteiger partial charge is 0.472 e. The number of quaternary nitrogens is 1. The number of amides is 1. The molecule has 9 heteroatoms. The molecular weight excluding hydrogens is 900 g/mol. The van der Waals surface area contributed by atoms with Crippen LogP contribution in [0.1, 0.15) is 264 Å². The molecule has 0 aromatic rings. The van der Waals surface area contributed by atoms with Crippen molar-refractivity contribution in [3.63, 3.8) is 0 Å². The van der Waals surface area contributed by atoms with E-state index in [-0.39, 0.29) is 19.1 Å². The lowest BCUT2D eigenvalue weighted by Gasteiger charge is -2.25. The van der Waals surface area contributed by atoms with Gasteiger partial charge in [0.05, 0.1) is 39.9 Å². The first-order valence-corrected chi connectivity index (χ1v) is 31.3. The molecule has 1 amide bonds. The normalized spacial score (nSPS) is 14.4. The number of carbonyl (C=O) groups excluding carboxylic acids is 1. The first-order valence-electron chi connectivity index (χ1n) is 29.8. The van der Waals surface area contributed by atoms with Gasteiger partial charge in [-0.3, -0.25) is 13.8 Å². The minimum Gasteiger partial charge on any atom is -0.387 e. The van der Waals surface area contributed by atoms with Gasteiger partial charge in [0.25, 0.3) is 0 Å². The van der Waals surface area contributed by atoms with Gasteiger partial charge in [0, 0.05) is 6.42 Å². The number of rotatable bonds is 54. The Kier molecular flexibility index (Phi) is 51.3. The number of aliphatic hydroxyl groups excluding tert-OH is 1. The third-order valence-electron chi connectivity index (χ3n) is 13.2. The van der Waals surface area contributed by atoms with Crippen LogP contribution >= 0.6 is 7.82 Å². The number of nitrogens with one attached hydrogen (secondary N) is 1. The van der Waals surface area contributed by atoms with E-state index in [0.29, 0.717) is 17.4 Å². The van der Waals surface area contributed by atoms with E-state index in [1.54, 1.807) is 6.08 Å². The van der Waals surface area contributed by atoms with E-state index in [9.17, 15) is 19.4 Å². The highest BCUT2D eigenvalue weighted by Gasteiger charge is 2.27. The number of phosphoric acid groups is 1. The van der Waals surface area contributed by atoms with Crippen molar-refractivity contribution in [1.29, 1.82) is 0 Å². The van der Waals surface area contributed by atoms with Gasteiger partial charge in [0.2, 0.25) is 5.91 Å². The SMILES string of the molecule is CC/C=C\C/C=C\C/C=C\C/C=C\C/C=C\CCCCCCCCCCCCCCCCCCCCCCCCCC(=O)NC(COP(=O)(O)OCC[N+](C)(C)C)C(O)/C=C/CCCCCCCCCC. The second kappa shape index (κ2) is 52.8. The Morgan fingerprint density at radius 1 is 0.493 bits per heavy atom. The number of hydrogen-bond donors (Lipinski definition) is 3. The maximum absolute atomic E-state index is 12.9. The number of unbranched alkanes of at least 4 members (excludes halogenated alkanes) is 31. The zero-order valence-electron chi connectivity index (χ0n) is 47.2. The molecule has 0 spiro atoms. The second-order valence-electron chi connectivity index (χ2n) is 21.3. The first-order chi connectivity index (χ1) is 34.5. The maximum Gasteiger partial charge on any atom is 0.472 e. The van der Waals surface area contributed by atoms with Crippen LogP contribution in [0.4, 0.5) is 0 Å². The van der Waals surface area contributed by atoms with Gasteiger partial charge in [0.15, 0.2) is 0 Å². The molecule has 0 aromatic carbocycles. The standard InChI is InChI=1S/C62H115N2O6P/c1-6-8-10-12-14-16-18-19-20-21-22-23-24-25-26-27-28-29-30-31-32-33-34-35-36-37-38-39-40-41-42-43-44-45-46-48-50-52-54-56-62(66)63-60(59-70-71(67,68)69-58-57-64(3,4)5)61(65)55-53-51-49-47-17-15-13-11-9-7-2/h8,10,14,16,19-20,22-23,25-26,53,55,60-61,65H,6-7,9,11-13,15,17-18,21,24,27-52,54,56-59H2,1-5H3,(H-,63,66,67,68)/p+1/b10-8-,16-14-,20-19-,23-22-,26-25-,55-53+. The lowest BCUT2D eigenvalue weighted by Crippen LogP contribution is -2.45. The van der Waals surface area contributed by atoms with Gasteiger partial charge in [-0.2, -0.15) is 0 Å². The van der Waals surface area contributed by atoms with Gasteiger partial charge in [-0.05, 0) is 64.2 Å². The third kappa shape index (κ3) is 55.5. The fraction of sp³-hybridized carbons (Fsp3) is 0.790. The number of aliphatic hydroxyl groups is 1. The van der Waals surface area contributed by atoms with E-state index in [4.69, 9.17) is 9.05 Å². The number of likely N-dealkylation sites (N-methyl/N-ethyl adjacent to an activating group) is 1. The Hall–Kier alpha value is -2.06. The summed E-state index contributed by atoms with van der Waals surface area (Å²) in [5.74, 6) is -0.177. The predicted molar refractivity (Wildman–Crippen MR) is 309 cm³/mol. The third-order valence-corrected chi connectivity index (χ3v) is 14.2. The summed E-state index contributed by atoms with van der Waals surface area (Å²) in [7, 11) is 1.58. The van der Waals surface area contributed by atoms with Crippen LogP contribution in [0.15, 0.2) is 72.9 Å². The quantitative estimate of drug-likeness (QED) is 0.0243. The molecule has 3 N–H and O–H groups in total. The highest BCUT2D eigenvalue weighted by atomic mass is 31.2. The van der Waals surface area contributed by atoms with Crippen LogP contribution < -0.4 is 5.32 Å². The fourth-order valence-electron chi connectivity index (χ4n) is 8.54. The maximum atomic E-state index is 12.9. The number of carbonyl (C=O) groups is 1. The molecule has 0 saturated heterocycles. The van der Waals surface area contributed by atoms with Crippen LogP contribution in [0.5, 0.6) is 0 Å². The molecule has 3 unspecified atom stereocenters. The van der Waals surface area contributed by atoms with Crippen molar-refractivity contribution in [3.05, 3.63) is 72.9 Å². The summed E-state index contributed by atoms with van der Waals surface area (Å²) in [6.45, 7) is 4.69. The van der Waals surface area contributed by atoms with E-state index in [2.05, 4.69) is 79.9 Å². The van der Waals surface area contributed by atoms with E-state index in [1.165, 1.54) is 173 Å². The topological polar surface area (TPSA) is 105 Å². The molecule has 0 radical (unpaired) electrons. The Morgan fingerprint density at radius 3 is 1.24 bits per heavy atom. The van der Waals surface area contributed by atoms with Crippen molar-refractivity contribution in [2.45, 2.75) is 276 Å². The fourth-order valence-corrected chi connectivity index (χ4v) is 9.28. The molecule has 0 rings (SSSR count). The molecule has 414 valence electrons. The van der Waals surface area contributed by atoms with Crippen molar-refractivity contribution in [1.82, 2.24) is 5.32 Å². The average molecular weight is 1020 g/mol. The van der Waals surface area contributed by atoms with Crippen molar-refractivity contribution in [2.24, 2.45) is 0 Å². The van der Waals surface area contributed by atoms with Crippen LogP contribution in [0, 0.1) is 0 Å². The highest BCUT2D eigenvalue weighted by Crippen LogP contribution is 2.43.